The summed E-state index contributed by atoms with van der Waals surface area (Å²) in [7, 11) is 6.87. The normalized spacial score (nSPS) is 24.1. The third kappa shape index (κ3) is 2.28. The van der Waals surface area contributed by atoms with E-state index in [-0.39, 0.29) is 0 Å². The van der Waals surface area contributed by atoms with E-state index in [2.05, 4.69) is 39.3 Å². The summed E-state index contributed by atoms with van der Waals surface area (Å²) in [6.45, 7) is 2.30. The molecule has 1 heterocycles. The molecule has 0 aromatic rings. The molecule has 0 saturated carbocycles. The Kier molecular flexibility index (Phi) is 2.70. The fraction of sp³-hybridized carbons (Fsp3) is 0.714. The van der Waals surface area contributed by atoms with Gasteiger partial charge in [-0.1, -0.05) is 9.39 Å². The molecular weight excluding hydrogens is 143 g/mol. The molecular formula is C7H15N2P. The van der Waals surface area contributed by atoms with Crippen molar-refractivity contribution in [3.05, 3.63) is 11.8 Å². The highest BCUT2D eigenvalue weighted by Crippen LogP contribution is 2.17. The molecule has 0 bridgehead atoms. The lowest BCUT2D eigenvalue weighted by Crippen LogP contribution is -2.05. The first-order chi connectivity index (χ1) is 4.68. The third-order valence-electron chi connectivity index (χ3n) is 1.57. The van der Waals surface area contributed by atoms with Crippen molar-refractivity contribution in [1.29, 1.82) is 0 Å². The van der Waals surface area contributed by atoms with Gasteiger partial charge in [0.25, 0.3) is 0 Å². The van der Waals surface area contributed by atoms with Gasteiger partial charge < -0.3 is 4.90 Å². The van der Waals surface area contributed by atoms with Crippen LogP contribution < -0.4 is 0 Å². The summed E-state index contributed by atoms with van der Waals surface area (Å²) in [5.41, 5.74) is 1.53. The lowest BCUT2D eigenvalue weighted by Gasteiger charge is -2.07. The van der Waals surface area contributed by atoms with Crippen molar-refractivity contribution < 1.29 is 0 Å². The zero-order valence-corrected chi connectivity index (χ0v) is 7.83. The molecule has 1 aliphatic heterocycles. The van der Waals surface area contributed by atoms with Crippen molar-refractivity contribution in [3.63, 3.8) is 0 Å². The molecule has 0 radical (unpaired) electrons. The standard InChI is InChI=1S/C7H15N2P/c1-8(2)5-7-3-4-9(10)6-7/h5H,3-4,6,10H2,1-2H3. The maximum atomic E-state index is 2.73. The maximum absolute atomic E-state index is 2.73. The number of rotatable bonds is 1. The Hall–Kier alpha value is -0.0700. The average Bonchev–Trinajstić information content (AvgIpc) is 2.13. The van der Waals surface area contributed by atoms with Gasteiger partial charge in [-0.2, -0.15) is 0 Å². The van der Waals surface area contributed by atoms with Gasteiger partial charge in [0.15, 0.2) is 0 Å². The zero-order chi connectivity index (χ0) is 7.56. The van der Waals surface area contributed by atoms with Crippen LogP contribution in [0.5, 0.6) is 0 Å². The van der Waals surface area contributed by atoms with Crippen LogP contribution in [0.1, 0.15) is 6.42 Å². The molecule has 1 fully saturated rings. The smallest absolute Gasteiger partial charge is 0.0244 e. The zero-order valence-electron chi connectivity index (χ0n) is 6.67. The van der Waals surface area contributed by atoms with E-state index in [1.54, 1.807) is 0 Å². The first kappa shape index (κ1) is 8.03. The van der Waals surface area contributed by atoms with E-state index >= 15 is 0 Å². The van der Waals surface area contributed by atoms with Gasteiger partial charge in [-0.15, -0.1) is 0 Å². The Bertz CT molecular complexity index is 143. The maximum Gasteiger partial charge on any atom is 0.0244 e. The first-order valence-electron chi connectivity index (χ1n) is 3.54. The summed E-state index contributed by atoms with van der Waals surface area (Å²) >= 11 is 0. The van der Waals surface area contributed by atoms with Crippen LogP contribution in [0.25, 0.3) is 0 Å². The quantitative estimate of drug-likeness (QED) is 0.524. The lowest BCUT2D eigenvalue weighted by atomic mass is 10.2. The van der Waals surface area contributed by atoms with E-state index in [0.29, 0.717) is 0 Å². The van der Waals surface area contributed by atoms with Crippen LogP contribution in [0.4, 0.5) is 0 Å². The first-order valence-corrected chi connectivity index (χ1v) is 4.06. The van der Waals surface area contributed by atoms with Gasteiger partial charge in [0.05, 0.1) is 0 Å². The van der Waals surface area contributed by atoms with Gasteiger partial charge in [-0.25, -0.2) is 0 Å². The minimum Gasteiger partial charge on any atom is -0.383 e. The topological polar surface area (TPSA) is 6.48 Å². The van der Waals surface area contributed by atoms with Crippen molar-refractivity contribution in [3.8, 4) is 0 Å². The Labute approximate surface area is 65.1 Å². The molecule has 0 aliphatic carbocycles. The van der Waals surface area contributed by atoms with Gasteiger partial charge in [0.1, 0.15) is 0 Å². The molecule has 58 valence electrons. The second kappa shape index (κ2) is 3.36. The monoisotopic (exact) mass is 158 g/mol. The molecule has 0 aromatic heterocycles. The predicted molar refractivity (Wildman–Crippen MR) is 47.7 cm³/mol. The van der Waals surface area contributed by atoms with Crippen LogP contribution in [0.3, 0.4) is 0 Å². The predicted octanol–water partition coefficient (Wildman–Crippen LogP) is 0.928. The molecule has 1 saturated heterocycles. The molecule has 1 atom stereocenters. The molecule has 0 aromatic carbocycles. The van der Waals surface area contributed by atoms with E-state index < -0.39 is 0 Å². The summed E-state index contributed by atoms with van der Waals surface area (Å²) in [6, 6.07) is 0. The van der Waals surface area contributed by atoms with Gasteiger partial charge in [-0.05, 0) is 18.2 Å². The van der Waals surface area contributed by atoms with Crippen molar-refractivity contribution in [2.75, 3.05) is 27.2 Å². The largest absolute Gasteiger partial charge is 0.383 e. The van der Waals surface area contributed by atoms with Crippen LogP contribution in [-0.2, 0) is 0 Å². The number of nitrogens with zero attached hydrogens (tertiary/aromatic N) is 2. The SMILES string of the molecule is CN(C)C=C1CCN(P)C1. The van der Waals surface area contributed by atoms with Gasteiger partial charge >= 0.3 is 0 Å². The van der Waals surface area contributed by atoms with Gasteiger partial charge in [0, 0.05) is 27.2 Å². The summed E-state index contributed by atoms with van der Waals surface area (Å²) < 4.78 is 2.26. The van der Waals surface area contributed by atoms with Gasteiger partial charge in [0.2, 0.25) is 0 Å². The highest BCUT2D eigenvalue weighted by Gasteiger charge is 2.11. The highest BCUT2D eigenvalue weighted by molar-refractivity contribution is 7.13. The fourth-order valence-electron chi connectivity index (χ4n) is 1.18. The molecule has 3 heteroatoms. The minimum atomic E-state index is 1.11. The minimum absolute atomic E-state index is 1.11. The molecule has 0 spiro atoms. The Morgan fingerprint density at radius 3 is 2.70 bits per heavy atom. The average molecular weight is 158 g/mol. The van der Waals surface area contributed by atoms with Crippen molar-refractivity contribution in [1.82, 2.24) is 9.57 Å². The molecule has 10 heavy (non-hydrogen) atoms. The van der Waals surface area contributed by atoms with E-state index in [9.17, 15) is 0 Å². The molecule has 1 unspecified atom stereocenters. The van der Waals surface area contributed by atoms with Crippen LogP contribution in [0.15, 0.2) is 11.8 Å². The molecule has 0 N–H and O–H groups in total. The number of hydrogen-bond acceptors (Lipinski definition) is 2. The highest BCUT2D eigenvalue weighted by atomic mass is 31.0. The summed E-state index contributed by atoms with van der Waals surface area (Å²) in [4.78, 5) is 2.11. The fourth-order valence-corrected chi connectivity index (χ4v) is 1.54. The second-order valence-corrected chi connectivity index (χ2v) is 3.70. The lowest BCUT2D eigenvalue weighted by molar-refractivity contribution is 0.553. The van der Waals surface area contributed by atoms with Crippen molar-refractivity contribution in [2.24, 2.45) is 0 Å². The van der Waals surface area contributed by atoms with Crippen LogP contribution >= 0.6 is 9.39 Å². The van der Waals surface area contributed by atoms with E-state index in [4.69, 9.17) is 0 Å². The summed E-state index contributed by atoms with van der Waals surface area (Å²) in [6.07, 6.45) is 3.44. The molecule has 1 aliphatic rings. The number of hydrogen-bond donors (Lipinski definition) is 0. The second-order valence-electron chi connectivity index (χ2n) is 2.97. The molecule has 0 amide bonds. The van der Waals surface area contributed by atoms with Crippen LogP contribution in [0.2, 0.25) is 0 Å². The Morgan fingerprint density at radius 1 is 1.60 bits per heavy atom. The van der Waals surface area contributed by atoms with E-state index in [0.717, 1.165) is 6.54 Å². The van der Waals surface area contributed by atoms with Gasteiger partial charge in [-0.3, -0.25) is 4.67 Å². The van der Waals surface area contributed by atoms with Crippen LogP contribution in [0, 0.1) is 0 Å². The van der Waals surface area contributed by atoms with Crippen molar-refractivity contribution in [2.45, 2.75) is 6.42 Å². The van der Waals surface area contributed by atoms with E-state index in [1.165, 1.54) is 18.5 Å². The van der Waals surface area contributed by atoms with E-state index in [1.807, 2.05) is 0 Å². The summed E-state index contributed by atoms with van der Waals surface area (Å²) in [5, 5.41) is 0. The van der Waals surface area contributed by atoms with Crippen molar-refractivity contribution >= 4 is 9.39 Å². The van der Waals surface area contributed by atoms with Crippen LogP contribution in [-0.4, -0.2) is 36.8 Å². The summed E-state index contributed by atoms with van der Waals surface area (Å²) in [5.74, 6) is 0. The Balaban J connectivity index is 2.43. The molecule has 2 nitrogen and oxygen atoms in total. The third-order valence-corrected chi connectivity index (χ3v) is 2.01. The molecule has 1 rings (SSSR count). The Morgan fingerprint density at radius 2 is 2.30 bits per heavy atom.